The van der Waals surface area contributed by atoms with E-state index >= 15 is 0 Å². The maximum absolute atomic E-state index is 11.6. The minimum atomic E-state index is -0.676. The number of nitrogens with two attached hydrogens (primary N) is 1. The van der Waals surface area contributed by atoms with Crippen molar-refractivity contribution >= 4 is 34.7 Å². The fourth-order valence-electron chi connectivity index (χ4n) is 2.28. The highest BCUT2D eigenvalue weighted by Crippen LogP contribution is 2.22. The van der Waals surface area contributed by atoms with Crippen molar-refractivity contribution in [3.05, 3.63) is 60.3 Å². The van der Waals surface area contributed by atoms with Gasteiger partial charge in [0.05, 0.1) is 5.69 Å². The van der Waals surface area contributed by atoms with Crippen LogP contribution in [0.1, 0.15) is 24.3 Å². The molecular weight excluding hydrogens is 344 g/mol. The summed E-state index contributed by atoms with van der Waals surface area (Å²) >= 11 is 0. The first kappa shape index (κ1) is 19.6. The Labute approximate surface area is 157 Å². The molecular formula is C19H22N6O2. The van der Waals surface area contributed by atoms with Crippen molar-refractivity contribution in [2.45, 2.75) is 13.8 Å². The van der Waals surface area contributed by atoms with E-state index in [1.165, 1.54) is 6.92 Å². The van der Waals surface area contributed by atoms with Crippen LogP contribution in [0.5, 0.6) is 0 Å². The molecule has 0 fully saturated rings. The zero-order valence-electron chi connectivity index (χ0n) is 15.2. The van der Waals surface area contributed by atoms with Crippen LogP contribution in [0.15, 0.2) is 54.6 Å². The highest BCUT2D eigenvalue weighted by atomic mass is 16.1. The summed E-state index contributed by atoms with van der Waals surface area (Å²) in [5.41, 5.74) is 8.19. The number of allylic oxidation sites excluding steroid dienone is 1. The van der Waals surface area contributed by atoms with Gasteiger partial charge in [-0.2, -0.15) is 0 Å². The number of nitrogens with one attached hydrogen (secondary N) is 3. The summed E-state index contributed by atoms with van der Waals surface area (Å²) in [6.45, 7) is 7.53. The lowest BCUT2D eigenvalue weighted by atomic mass is 10.2. The molecule has 0 aliphatic heterocycles. The summed E-state index contributed by atoms with van der Waals surface area (Å²) in [6, 6.07) is 8.79. The largest absolute Gasteiger partial charge is 0.379 e. The standard InChI is InChI=1S/C19H22N6O2/c1-4-13(5-2)11-21-16-10-17(24-25-18(16)19(20)27)23-15-8-6-7-14(9-15)22-12(3)26/h4-10H,1,11H2,2-3H3,(H2,20,27)(H,22,26)(H2,21,23,24)/b13-5+. The lowest BCUT2D eigenvalue weighted by Gasteiger charge is -2.12. The van der Waals surface area contributed by atoms with Gasteiger partial charge in [0.1, 0.15) is 0 Å². The maximum Gasteiger partial charge on any atom is 0.271 e. The van der Waals surface area contributed by atoms with E-state index < -0.39 is 5.91 Å². The molecule has 0 unspecified atom stereocenters. The second-order valence-corrected chi connectivity index (χ2v) is 5.66. The number of nitrogens with zero attached hydrogens (tertiary/aromatic N) is 2. The average molecular weight is 366 g/mol. The lowest BCUT2D eigenvalue weighted by Crippen LogP contribution is -2.18. The number of anilines is 4. The fraction of sp³-hybridized carbons (Fsp3) is 0.158. The van der Waals surface area contributed by atoms with Gasteiger partial charge in [0.25, 0.3) is 5.91 Å². The van der Waals surface area contributed by atoms with E-state index in [4.69, 9.17) is 5.73 Å². The van der Waals surface area contributed by atoms with Gasteiger partial charge in [-0.1, -0.05) is 24.8 Å². The highest BCUT2D eigenvalue weighted by Gasteiger charge is 2.13. The Morgan fingerprint density at radius 2 is 1.96 bits per heavy atom. The molecule has 140 valence electrons. The van der Waals surface area contributed by atoms with Crippen molar-refractivity contribution in [3.63, 3.8) is 0 Å². The first-order valence-corrected chi connectivity index (χ1v) is 8.26. The van der Waals surface area contributed by atoms with E-state index in [1.807, 2.05) is 19.1 Å². The van der Waals surface area contributed by atoms with Gasteiger partial charge in [-0.15, -0.1) is 10.2 Å². The molecule has 1 aromatic carbocycles. The monoisotopic (exact) mass is 366 g/mol. The van der Waals surface area contributed by atoms with Crippen molar-refractivity contribution in [3.8, 4) is 0 Å². The molecule has 1 aromatic heterocycles. The molecule has 0 saturated heterocycles. The number of hydrogen-bond acceptors (Lipinski definition) is 6. The van der Waals surface area contributed by atoms with Gasteiger partial charge in [0.2, 0.25) is 5.91 Å². The molecule has 0 aliphatic carbocycles. The highest BCUT2D eigenvalue weighted by molar-refractivity contribution is 5.96. The van der Waals surface area contributed by atoms with E-state index in [0.717, 1.165) is 5.57 Å². The van der Waals surface area contributed by atoms with E-state index in [0.29, 0.717) is 29.4 Å². The van der Waals surface area contributed by atoms with Gasteiger partial charge in [-0.05, 0) is 30.7 Å². The summed E-state index contributed by atoms with van der Waals surface area (Å²) in [6.07, 6.45) is 3.63. The van der Waals surface area contributed by atoms with Crippen molar-refractivity contribution in [2.75, 3.05) is 22.5 Å². The van der Waals surface area contributed by atoms with Crippen LogP contribution in [0.25, 0.3) is 0 Å². The molecule has 5 N–H and O–H groups in total. The molecule has 0 saturated carbocycles. The molecule has 0 atom stereocenters. The number of rotatable bonds is 8. The zero-order valence-corrected chi connectivity index (χ0v) is 15.2. The van der Waals surface area contributed by atoms with Gasteiger partial charge in [-0.3, -0.25) is 9.59 Å². The predicted molar refractivity (Wildman–Crippen MR) is 107 cm³/mol. The molecule has 0 aliphatic rings. The smallest absolute Gasteiger partial charge is 0.271 e. The molecule has 0 radical (unpaired) electrons. The third-order valence-electron chi connectivity index (χ3n) is 3.60. The Morgan fingerprint density at radius 3 is 2.59 bits per heavy atom. The molecule has 0 spiro atoms. The second-order valence-electron chi connectivity index (χ2n) is 5.66. The van der Waals surface area contributed by atoms with Crippen molar-refractivity contribution < 1.29 is 9.59 Å². The second kappa shape index (κ2) is 9.14. The number of hydrogen-bond donors (Lipinski definition) is 4. The SMILES string of the molecule is C=C/C(=C\C)CNc1cc(Nc2cccc(NC(C)=O)c2)nnc1C(N)=O. The van der Waals surface area contributed by atoms with Crippen LogP contribution in [-0.4, -0.2) is 28.6 Å². The molecule has 2 aromatic rings. The number of carbonyl (C=O) groups excluding carboxylic acids is 2. The molecule has 8 nitrogen and oxygen atoms in total. The molecule has 1 heterocycles. The number of primary amides is 1. The van der Waals surface area contributed by atoms with Crippen molar-refractivity contribution in [1.29, 1.82) is 0 Å². The summed E-state index contributed by atoms with van der Waals surface area (Å²) in [7, 11) is 0. The summed E-state index contributed by atoms with van der Waals surface area (Å²) in [4.78, 5) is 22.8. The van der Waals surface area contributed by atoms with Crippen molar-refractivity contribution in [2.24, 2.45) is 5.73 Å². The minimum Gasteiger partial charge on any atom is -0.379 e. The Kier molecular flexibility index (Phi) is 6.65. The topological polar surface area (TPSA) is 122 Å². The van der Waals surface area contributed by atoms with Gasteiger partial charge in [0.15, 0.2) is 11.5 Å². The number of amides is 2. The maximum atomic E-state index is 11.6. The van der Waals surface area contributed by atoms with E-state index in [2.05, 4.69) is 32.7 Å². The minimum absolute atomic E-state index is 0.0482. The first-order chi connectivity index (χ1) is 12.9. The Balaban J connectivity index is 2.25. The van der Waals surface area contributed by atoms with Crippen LogP contribution in [0.4, 0.5) is 22.9 Å². The summed E-state index contributed by atoms with van der Waals surface area (Å²) < 4.78 is 0. The van der Waals surface area contributed by atoms with Gasteiger partial charge in [-0.25, -0.2) is 0 Å². The molecule has 27 heavy (non-hydrogen) atoms. The molecule has 2 amide bonds. The summed E-state index contributed by atoms with van der Waals surface area (Å²) in [5, 5.41) is 16.8. The van der Waals surface area contributed by atoms with E-state index in [1.54, 1.807) is 30.3 Å². The van der Waals surface area contributed by atoms with Crippen molar-refractivity contribution in [1.82, 2.24) is 10.2 Å². The Hall–Kier alpha value is -3.68. The normalized spacial score (nSPS) is 10.8. The van der Waals surface area contributed by atoms with E-state index in [-0.39, 0.29) is 11.6 Å². The first-order valence-electron chi connectivity index (χ1n) is 8.26. The average Bonchev–Trinajstić information content (AvgIpc) is 2.62. The predicted octanol–water partition coefficient (Wildman–Crippen LogP) is 2.82. The third kappa shape index (κ3) is 5.67. The van der Waals surface area contributed by atoms with Crippen LogP contribution in [0, 0.1) is 0 Å². The van der Waals surface area contributed by atoms with Crippen LogP contribution in [0.2, 0.25) is 0 Å². The quantitative estimate of drug-likeness (QED) is 0.533. The van der Waals surface area contributed by atoms with E-state index in [9.17, 15) is 9.59 Å². The van der Waals surface area contributed by atoms with Gasteiger partial charge in [0, 0.05) is 30.9 Å². The number of carbonyl (C=O) groups is 2. The van der Waals surface area contributed by atoms with Crippen LogP contribution >= 0.6 is 0 Å². The van der Waals surface area contributed by atoms with Crippen LogP contribution in [0.3, 0.4) is 0 Å². The zero-order chi connectivity index (χ0) is 19.8. The molecule has 2 rings (SSSR count). The fourth-order valence-corrected chi connectivity index (χ4v) is 2.28. The third-order valence-corrected chi connectivity index (χ3v) is 3.60. The number of benzene rings is 1. The van der Waals surface area contributed by atoms with Crippen LogP contribution < -0.4 is 21.7 Å². The summed E-state index contributed by atoms with van der Waals surface area (Å²) in [5.74, 6) is -0.417. The Morgan fingerprint density at radius 1 is 1.22 bits per heavy atom. The van der Waals surface area contributed by atoms with Gasteiger partial charge >= 0.3 is 0 Å². The number of aromatic nitrogens is 2. The Bertz CT molecular complexity index is 892. The molecule has 8 heteroatoms. The molecule has 0 bridgehead atoms. The van der Waals surface area contributed by atoms with Crippen LogP contribution in [-0.2, 0) is 4.79 Å². The lowest BCUT2D eigenvalue weighted by molar-refractivity contribution is -0.114. The van der Waals surface area contributed by atoms with Gasteiger partial charge < -0.3 is 21.7 Å².